The molecule has 4 heteroatoms. The van der Waals surface area contributed by atoms with Crippen LogP contribution >= 0.6 is 0 Å². The van der Waals surface area contributed by atoms with Crippen LogP contribution in [0.25, 0.3) is 0 Å². The molecular formula is C11H19N3O. The molecule has 3 N–H and O–H groups in total. The lowest BCUT2D eigenvalue weighted by atomic mass is 10.1. The minimum Gasteiger partial charge on any atom is -0.393 e. The predicted octanol–water partition coefficient (Wildman–Crippen LogP) is 0.969. The summed E-state index contributed by atoms with van der Waals surface area (Å²) >= 11 is 0. The summed E-state index contributed by atoms with van der Waals surface area (Å²) in [5.41, 5.74) is 2.19. The van der Waals surface area contributed by atoms with Gasteiger partial charge in [-0.2, -0.15) is 0 Å². The molecule has 0 radical (unpaired) electrons. The molecule has 1 heterocycles. The topological polar surface area (TPSA) is 60.9 Å². The Morgan fingerprint density at radius 2 is 2.47 bits per heavy atom. The smallest absolute Gasteiger partial charge is 0.0925 e. The number of aromatic amines is 1. The van der Waals surface area contributed by atoms with Crippen LogP contribution in [0.2, 0.25) is 0 Å². The van der Waals surface area contributed by atoms with Gasteiger partial charge in [0.2, 0.25) is 0 Å². The summed E-state index contributed by atoms with van der Waals surface area (Å²) < 4.78 is 0. The van der Waals surface area contributed by atoms with Crippen LogP contribution in [-0.2, 0) is 6.54 Å². The van der Waals surface area contributed by atoms with Crippen molar-refractivity contribution in [1.82, 2.24) is 15.3 Å². The number of hydrogen-bond acceptors (Lipinski definition) is 3. The molecule has 0 aromatic carbocycles. The molecule has 2 rings (SSSR count). The molecule has 1 aliphatic rings. The van der Waals surface area contributed by atoms with E-state index < -0.39 is 0 Å². The van der Waals surface area contributed by atoms with Crippen LogP contribution in [-0.4, -0.2) is 27.7 Å². The number of rotatable bonds is 4. The van der Waals surface area contributed by atoms with Gasteiger partial charge in [0.05, 0.1) is 18.1 Å². The highest BCUT2D eigenvalue weighted by atomic mass is 16.3. The van der Waals surface area contributed by atoms with E-state index in [4.69, 9.17) is 0 Å². The van der Waals surface area contributed by atoms with E-state index in [0.29, 0.717) is 5.92 Å². The van der Waals surface area contributed by atoms with Crippen molar-refractivity contribution in [3.8, 4) is 0 Å². The Kier molecular flexibility index (Phi) is 3.38. The summed E-state index contributed by atoms with van der Waals surface area (Å²) in [7, 11) is 0. The van der Waals surface area contributed by atoms with Gasteiger partial charge in [0.1, 0.15) is 0 Å². The maximum Gasteiger partial charge on any atom is 0.0925 e. The monoisotopic (exact) mass is 209 g/mol. The minimum atomic E-state index is -0.0993. The number of aryl methyl sites for hydroxylation is 1. The zero-order valence-corrected chi connectivity index (χ0v) is 9.16. The van der Waals surface area contributed by atoms with Gasteiger partial charge in [-0.05, 0) is 25.7 Å². The molecule has 0 aliphatic heterocycles. The fourth-order valence-corrected chi connectivity index (χ4v) is 2.20. The Hall–Kier alpha value is -0.870. The first-order chi connectivity index (χ1) is 7.27. The third-order valence-electron chi connectivity index (χ3n) is 3.25. The van der Waals surface area contributed by atoms with Gasteiger partial charge in [0.25, 0.3) is 0 Å². The van der Waals surface area contributed by atoms with Gasteiger partial charge >= 0.3 is 0 Å². The number of imidazole rings is 1. The first-order valence-corrected chi connectivity index (χ1v) is 5.65. The number of nitrogens with zero attached hydrogens (tertiary/aromatic N) is 1. The molecule has 2 atom stereocenters. The van der Waals surface area contributed by atoms with Crippen molar-refractivity contribution in [3.05, 3.63) is 17.7 Å². The van der Waals surface area contributed by atoms with Crippen LogP contribution in [0.3, 0.4) is 0 Å². The molecule has 0 bridgehead atoms. The van der Waals surface area contributed by atoms with E-state index in [-0.39, 0.29) is 6.10 Å². The van der Waals surface area contributed by atoms with E-state index in [1.54, 1.807) is 6.33 Å². The van der Waals surface area contributed by atoms with Crippen molar-refractivity contribution in [2.24, 2.45) is 5.92 Å². The van der Waals surface area contributed by atoms with Gasteiger partial charge in [0.15, 0.2) is 0 Å². The van der Waals surface area contributed by atoms with Gasteiger partial charge in [0, 0.05) is 18.8 Å². The third kappa shape index (κ3) is 2.58. The molecular weight excluding hydrogens is 190 g/mol. The summed E-state index contributed by atoms with van der Waals surface area (Å²) in [4.78, 5) is 7.27. The zero-order chi connectivity index (χ0) is 10.7. The number of aliphatic hydroxyl groups excluding tert-OH is 1. The fourth-order valence-electron chi connectivity index (χ4n) is 2.20. The van der Waals surface area contributed by atoms with E-state index in [0.717, 1.165) is 43.7 Å². The van der Waals surface area contributed by atoms with E-state index in [1.165, 1.54) is 0 Å². The van der Waals surface area contributed by atoms with Crippen LogP contribution in [0.1, 0.15) is 30.7 Å². The van der Waals surface area contributed by atoms with Crippen LogP contribution in [0.15, 0.2) is 6.33 Å². The quantitative estimate of drug-likeness (QED) is 0.692. The second kappa shape index (κ2) is 4.77. The average molecular weight is 209 g/mol. The maximum absolute atomic E-state index is 9.64. The zero-order valence-electron chi connectivity index (χ0n) is 9.16. The normalized spacial score (nSPS) is 26.0. The molecule has 0 saturated heterocycles. The summed E-state index contributed by atoms with van der Waals surface area (Å²) in [6.07, 6.45) is 4.89. The molecule has 2 unspecified atom stereocenters. The van der Waals surface area contributed by atoms with Crippen LogP contribution in [0, 0.1) is 12.8 Å². The predicted molar refractivity (Wildman–Crippen MR) is 58.4 cm³/mol. The van der Waals surface area contributed by atoms with Crippen LogP contribution < -0.4 is 5.32 Å². The summed E-state index contributed by atoms with van der Waals surface area (Å²) in [5, 5.41) is 13.0. The van der Waals surface area contributed by atoms with E-state index in [1.807, 2.05) is 6.92 Å². The van der Waals surface area contributed by atoms with Crippen molar-refractivity contribution >= 4 is 0 Å². The molecule has 84 valence electrons. The number of H-pyrrole nitrogens is 1. The van der Waals surface area contributed by atoms with Crippen molar-refractivity contribution in [2.75, 3.05) is 6.54 Å². The van der Waals surface area contributed by atoms with E-state index >= 15 is 0 Å². The van der Waals surface area contributed by atoms with Crippen molar-refractivity contribution in [2.45, 2.75) is 38.8 Å². The third-order valence-corrected chi connectivity index (χ3v) is 3.25. The van der Waals surface area contributed by atoms with Gasteiger partial charge in [-0.3, -0.25) is 0 Å². The number of aromatic nitrogens is 2. The Bertz CT molecular complexity index is 311. The molecule has 0 amide bonds. The molecule has 1 saturated carbocycles. The Labute approximate surface area is 90.1 Å². The Morgan fingerprint density at radius 3 is 3.07 bits per heavy atom. The van der Waals surface area contributed by atoms with Gasteiger partial charge in [-0.25, -0.2) is 4.98 Å². The highest BCUT2D eigenvalue weighted by molar-refractivity contribution is 5.07. The van der Waals surface area contributed by atoms with Crippen LogP contribution in [0.4, 0.5) is 0 Å². The minimum absolute atomic E-state index is 0.0993. The molecule has 4 nitrogen and oxygen atoms in total. The van der Waals surface area contributed by atoms with Crippen molar-refractivity contribution in [1.29, 1.82) is 0 Å². The Balaban J connectivity index is 1.73. The highest BCUT2D eigenvalue weighted by Gasteiger charge is 2.24. The Morgan fingerprint density at radius 1 is 1.60 bits per heavy atom. The van der Waals surface area contributed by atoms with Gasteiger partial charge in [-0.1, -0.05) is 6.42 Å². The number of nitrogens with one attached hydrogen (secondary N) is 2. The lowest BCUT2D eigenvalue weighted by Crippen LogP contribution is -2.27. The summed E-state index contributed by atoms with van der Waals surface area (Å²) in [6, 6.07) is 0. The highest BCUT2D eigenvalue weighted by Crippen LogP contribution is 2.24. The number of aliphatic hydroxyl groups is 1. The number of hydrogen-bond donors (Lipinski definition) is 3. The molecule has 1 fully saturated rings. The standard InChI is InChI=1S/C11H19N3O/c1-8-10(14-7-13-8)6-12-5-9-3-2-4-11(9)15/h7,9,11-12,15H,2-6H2,1H3,(H,13,14). The van der Waals surface area contributed by atoms with E-state index in [2.05, 4.69) is 15.3 Å². The fraction of sp³-hybridized carbons (Fsp3) is 0.727. The van der Waals surface area contributed by atoms with Gasteiger partial charge < -0.3 is 15.4 Å². The van der Waals surface area contributed by atoms with Crippen molar-refractivity contribution in [3.63, 3.8) is 0 Å². The van der Waals surface area contributed by atoms with Gasteiger partial charge in [-0.15, -0.1) is 0 Å². The lowest BCUT2D eigenvalue weighted by Gasteiger charge is -2.14. The molecule has 0 spiro atoms. The first kappa shape index (κ1) is 10.6. The summed E-state index contributed by atoms with van der Waals surface area (Å²) in [5.74, 6) is 0.434. The largest absolute Gasteiger partial charge is 0.393 e. The molecule has 1 aromatic heterocycles. The first-order valence-electron chi connectivity index (χ1n) is 5.65. The maximum atomic E-state index is 9.64. The van der Waals surface area contributed by atoms with Crippen molar-refractivity contribution < 1.29 is 5.11 Å². The SMILES string of the molecule is Cc1[nH]cnc1CNCC1CCCC1O. The second-order valence-corrected chi connectivity index (χ2v) is 4.36. The van der Waals surface area contributed by atoms with Crippen LogP contribution in [0.5, 0.6) is 0 Å². The van der Waals surface area contributed by atoms with E-state index in [9.17, 15) is 5.11 Å². The average Bonchev–Trinajstić information content (AvgIpc) is 2.78. The molecule has 1 aromatic rings. The molecule has 1 aliphatic carbocycles. The molecule has 15 heavy (non-hydrogen) atoms. The second-order valence-electron chi connectivity index (χ2n) is 4.36. The summed E-state index contributed by atoms with van der Waals surface area (Å²) in [6.45, 7) is 3.71. The lowest BCUT2D eigenvalue weighted by molar-refractivity contribution is 0.131.